The second kappa shape index (κ2) is 3.75. The van der Waals surface area contributed by atoms with Crippen LogP contribution in [0.1, 0.15) is 6.92 Å². The molecule has 2 rings (SSSR count). The third-order valence-corrected chi connectivity index (χ3v) is 2.02. The van der Waals surface area contributed by atoms with E-state index in [2.05, 4.69) is 15.0 Å². The summed E-state index contributed by atoms with van der Waals surface area (Å²) in [6.07, 6.45) is 3.03. The largest absolute Gasteiger partial charge is 0.491 e. The smallest absolute Gasteiger partial charge is 0.158 e. The zero-order valence-corrected chi connectivity index (χ0v) is 8.32. The Hall–Kier alpha value is -1.42. The zero-order chi connectivity index (χ0) is 9.97. The van der Waals surface area contributed by atoms with E-state index in [4.69, 9.17) is 16.3 Å². The number of halogens is 1. The predicted molar refractivity (Wildman–Crippen MR) is 53.5 cm³/mol. The lowest BCUT2D eigenvalue weighted by atomic mass is 10.3. The molecule has 0 saturated carbocycles. The van der Waals surface area contributed by atoms with Gasteiger partial charge in [0.2, 0.25) is 0 Å². The van der Waals surface area contributed by atoms with Crippen molar-refractivity contribution in [3.8, 4) is 5.75 Å². The second-order valence-electron chi connectivity index (χ2n) is 2.60. The van der Waals surface area contributed by atoms with Crippen molar-refractivity contribution in [1.82, 2.24) is 15.0 Å². The molecule has 0 bridgehead atoms. The van der Waals surface area contributed by atoms with Crippen molar-refractivity contribution in [2.24, 2.45) is 0 Å². The van der Waals surface area contributed by atoms with Gasteiger partial charge in [-0.15, -0.1) is 0 Å². The molecule has 4 nitrogen and oxygen atoms in total. The summed E-state index contributed by atoms with van der Waals surface area (Å²) < 4.78 is 5.39. The van der Waals surface area contributed by atoms with Crippen LogP contribution in [-0.4, -0.2) is 21.6 Å². The van der Waals surface area contributed by atoms with E-state index in [9.17, 15) is 0 Å². The van der Waals surface area contributed by atoms with Crippen LogP contribution in [0.3, 0.4) is 0 Å². The summed E-state index contributed by atoms with van der Waals surface area (Å²) in [5.74, 6) is 0.682. The zero-order valence-electron chi connectivity index (χ0n) is 7.57. The Bertz CT molecular complexity index is 461. The fraction of sp³-hybridized carbons (Fsp3) is 0.222. The molecule has 0 fully saturated rings. The maximum Gasteiger partial charge on any atom is 0.158 e. The maximum atomic E-state index is 5.86. The van der Waals surface area contributed by atoms with Crippen molar-refractivity contribution in [2.45, 2.75) is 6.92 Å². The normalized spacial score (nSPS) is 10.4. The molecule has 0 atom stereocenters. The van der Waals surface area contributed by atoms with Gasteiger partial charge in [0.05, 0.1) is 6.61 Å². The molecule has 0 N–H and O–H groups in total. The van der Waals surface area contributed by atoms with Gasteiger partial charge in [-0.05, 0) is 6.92 Å². The standard InChI is InChI=1S/C9H8ClN3O/c1-2-14-6-3-4-11-8-7(6)12-5-13-9(8)10/h3-5H,2H2,1H3. The summed E-state index contributed by atoms with van der Waals surface area (Å²) in [5, 5.41) is 0.344. The first-order valence-corrected chi connectivity index (χ1v) is 4.58. The third kappa shape index (κ3) is 1.48. The number of pyridine rings is 1. The Morgan fingerprint density at radius 2 is 2.14 bits per heavy atom. The Kier molecular flexibility index (Phi) is 2.45. The summed E-state index contributed by atoms with van der Waals surface area (Å²) in [6, 6.07) is 1.76. The van der Waals surface area contributed by atoms with Crippen molar-refractivity contribution in [2.75, 3.05) is 6.61 Å². The monoisotopic (exact) mass is 209 g/mol. The Morgan fingerprint density at radius 3 is 2.93 bits per heavy atom. The first-order valence-electron chi connectivity index (χ1n) is 4.21. The molecule has 0 radical (unpaired) electrons. The molecule has 2 heterocycles. The number of nitrogens with zero attached hydrogens (tertiary/aromatic N) is 3. The van der Waals surface area contributed by atoms with Crippen molar-refractivity contribution < 1.29 is 4.74 Å². The molecule has 5 heteroatoms. The van der Waals surface area contributed by atoms with Crippen LogP contribution in [0.25, 0.3) is 11.0 Å². The number of ether oxygens (including phenoxy) is 1. The summed E-state index contributed by atoms with van der Waals surface area (Å²) in [4.78, 5) is 12.0. The molecule has 14 heavy (non-hydrogen) atoms. The van der Waals surface area contributed by atoms with E-state index in [1.54, 1.807) is 12.3 Å². The molecular weight excluding hydrogens is 202 g/mol. The van der Waals surface area contributed by atoms with E-state index in [1.165, 1.54) is 6.33 Å². The molecule has 0 unspecified atom stereocenters. The number of hydrogen-bond acceptors (Lipinski definition) is 4. The molecule has 0 saturated heterocycles. The van der Waals surface area contributed by atoms with Crippen molar-refractivity contribution in [3.63, 3.8) is 0 Å². The fourth-order valence-corrected chi connectivity index (χ4v) is 1.36. The number of aromatic nitrogens is 3. The van der Waals surface area contributed by atoms with E-state index in [0.717, 1.165) is 0 Å². The average molecular weight is 210 g/mol. The minimum atomic E-state index is 0.344. The topological polar surface area (TPSA) is 47.9 Å². The van der Waals surface area contributed by atoms with Gasteiger partial charge in [-0.25, -0.2) is 9.97 Å². The molecule has 0 aromatic carbocycles. The summed E-state index contributed by atoms with van der Waals surface area (Å²) in [6.45, 7) is 2.50. The first kappa shape index (κ1) is 9.15. The van der Waals surface area contributed by atoms with Gasteiger partial charge in [0, 0.05) is 12.3 Å². The minimum Gasteiger partial charge on any atom is -0.491 e. The quantitative estimate of drug-likeness (QED) is 0.711. The molecule has 72 valence electrons. The van der Waals surface area contributed by atoms with Gasteiger partial charge in [0.15, 0.2) is 5.15 Å². The Labute approximate surface area is 85.9 Å². The third-order valence-electron chi connectivity index (χ3n) is 1.74. The van der Waals surface area contributed by atoms with Crippen LogP contribution in [-0.2, 0) is 0 Å². The molecule has 0 amide bonds. The number of fused-ring (bicyclic) bond motifs is 1. The first-order chi connectivity index (χ1) is 6.83. The average Bonchev–Trinajstić information content (AvgIpc) is 2.20. The Morgan fingerprint density at radius 1 is 1.29 bits per heavy atom. The van der Waals surface area contributed by atoms with Crippen LogP contribution in [0.15, 0.2) is 18.6 Å². The van der Waals surface area contributed by atoms with Gasteiger partial charge >= 0.3 is 0 Å². The van der Waals surface area contributed by atoms with E-state index < -0.39 is 0 Å². The van der Waals surface area contributed by atoms with Gasteiger partial charge in [0.25, 0.3) is 0 Å². The molecular formula is C9H8ClN3O. The summed E-state index contributed by atoms with van der Waals surface area (Å²) in [7, 11) is 0. The number of hydrogen-bond donors (Lipinski definition) is 0. The highest BCUT2D eigenvalue weighted by Crippen LogP contribution is 2.24. The van der Waals surface area contributed by atoms with Gasteiger partial charge in [0.1, 0.15) is 23.1 Å². The minimum absolute atomic E-state index is 0.344. The van der Waals surface area contributed by atoms with Gasteiger partial charge < -0.3 is 4.74 Å². The molecule has 0 aliphatic carbocycles. The van der Waals surface area contributed by atoms with Crippen LogP contribution in [0.2, 0.25) is 5.15 Å². The molecule has 2 aromatic rings. The van der Waals surface area contributed by atoms with Gasteiger partial charge in [-0.2, -0.15) is 0 Å². The van der Waals surface area contributed by atoms with Crippen molar-refractivity contribution in [3.05, 3.63) is 23.7 Å². The lowest BCUT2D eigenvalue weighted by Crippen LogP contribution is -1.95. The van der Waals surface area contributed by atoms with Gasteiger partial charge in [-0.3, -0.25) is 4.98 Å². The Balaban J connectivity index is 2.68. The molecule has 0 aliphatic rings. The maximum absolute atomic E-state index is 5.86. The van der Waals surface area contributed by atoms with E-state index in [0.29, 0.717) is 28.5 Å². The molecule has 0 spiro atoms. The van der Waals surface area contributed by atoms with Crippen LogP contribution >= 0.6 is 11.6 Å². The molecule has 0 aliphatic heterocycles. The highest BCUT2D eigenvalue weighted by Gasteiger charge is 2.07. The van der Waals surface area contributed by atoms with Crippen LogP contribution < -0.4 is 4.74 Å². The second-order valence-corrected chi connectivity index (χ2v) is 2.96. The highest BCUT2D eigenvalue weighted by molar-refractivity contribution is 6.33. The lowest BCUT2D eigenvalue weighted by molar-refractivity contribution is 0.343. The van der Waals surface area contributed by atoms with E-state index in [1.807, 2.05) is 6.92 Å². The van der Waals surface area contributed by atoms with E-state index >= 15 is 0 Å². The van der Waals surface area contributed by atoms with Crippen LogP contribution in [0, 0.1) is 0 Å². The SMILES string of the molecule is CCOc1ccnc2c(Cl)ncnc12. The number of rotatable bonds is 2. The predicted octanol–water partition coefficient (Wildman–Crippen LogP) is 2.08. The fourth-order valence-electron chi connectivity index (χ4n) is 1.18. The molecule has 2 aromatic heterocycles. The van der Waals surface area contributed by atoms with Gasteiger partial charge in [-0.1, -0.05) is 11.6 Å². The highest BCUT2D eigenvalue weighted by atomic mass is 35.5. The lowest BCUT2D eigenvalue weighted by Gasteiger charge is -2.05. The van der Waals surface area contributed by atoms with Crippen LogP contribution in [0.5, 0.6) is 5.75 Å². The summed E-state index contributed by atoms with van der Waals surface area (Å²) in [5.41, 5.74) is 1.22. The van der Waals surface area contributed by atoms with Crippen LogP contribution in [0.4, 0.5) is 0 Å². The van der Waals surface area contributed by atoms with E-state index in [-0.39, 0.29) is 0 Å². The van der Waals surface area contributed by atoms with Crippen molar-refractivity contribution in [1.29, 1.82) is 0 Å². The van der Waals surface area contributed by atoms with Crippen molar-refractivity contribution >= 4 is 22.6 Å². The summed E-state index contributed by atoms with van der Waals surface area (Å²) >= 11 is 5.86.